The number of para-hydroxylation sites is 1. The third-order valence-corrected chi connectivity index (χ3v) is 3.04. The van der Waals surface area contributed by atoms with E-state index in [9.17, 15) is 4.79 Å². The van der Waals surface area contributed by atoms with Gasteiger partial charge in [-0.2, -0.15) is 0 Å². The Morgan fingerprint density at radius 2 is 2.06 bits per heavy atom. The van der Waals surface area contributed by atoms with Gasteiger partial charge in [0.15, 0.2) is 5.69 Å². The van der Waals surface area contributed by atoms with Gasteiger partial charge in [0.25, 0.3) is 0 Å². The summed E-state index contributed by atoms with van der Waals surface area (Å²) in [5, 5.41) is 11.8. The highest BCUT2D eigenvalue weighted by Gasteiger charge is 2.06. The zero-order chi connectivity index (χ0) is 13.0. The van der Waals surface area contributed by atoms with Crippen LogP contribution in [-0.4, -0.2) is 27.3 Å². The molecule has 2 aromatic rings. The molecular formula is C12H11N3O2S. The number of hydrogen-bond donors (Lipinski definition) is 2. The van der Waals surface area contributed by atoms with Crippen molar-refractivity contribution in [3.63, 3.8) is 0 Å². The highest BCUT2D eigenvalue weighted by Crippen LogP contribution is 2.26. The topological polar surface area (TPSA) is 75.1 Å². The quantitative estimate of drug-likeness (QED) is 0.824. The van der Waals surface area contributed by atoms with Crippen molar-refractivity contribution in [1.82, 2.24) is 9.97 Å². The average molecular weight is 261 g/mol. The molecule has 1 heterocycles. The van der Waals surface area contributed by atoms with Gasteiger partial charge in [-0.25, -0.2) is 14.8 Å². The number of anilines is 2. The molecule has 0 amide bonds. The molecule has 6 heteroatoms. The van der Waals surface area contributed by atoms with Gasteiger partial charge in [-0.05, 0) is 18.4 Å². The largest absolute Gasteiger partial charge is 0.476 e. The molecule has 18 heavy (non-hydrogen) atoms. The van der Waals surface area contributed by atoms with Crippen LogP contribution in [0, 0.1) is 0 Å². The predicted molar refractivity (Wildman–Crippen MR) is 70.5 cm³/mol. The van der Waals surface area contributed by atoms with Crippen molar-refractivity contribution in [2.75, 3.05) is 11.6 Å². The second kappa shape index (κ2) is 5.50. The van der Waals surface area contributed by atoms with Gasteiger partial charge in [-0.1, -0.05) is 12.1 Å². The van der Waals surface area contributed by atoms with Crippen LogP contribution in [0.4, 0.5) is 11.5 Å². The van der Waals surface area contributed by atoms with E-state index in [1.165, 1.54) is 12.4 Å². The Bertz CT molecular complexity index is 558. The highest BCUT2D eigenvalue weighted by molar-refractivity contribution is 7.98. The fourth-order valence-electron chi connectivity index (χ4n) is 1.39. The lowest BCUT2D eigenvalue weighted by molar-refractivity contribution is 0.0690. The molecule has 0 aliphatic rings. The number of aromatic carboxylic acids is 1. The Labute approximate surface area is 108 Å². The van der Waals surface area contributed by atoms with Crippen LogP contribution >= 0.6 is 11.8 Å². The molecule has 0 bridgehead atoms. The first-order chi connectivity index (χ1) is 8.70. The molecule has 1 aromatic carbocycles. The van der Waals surface area contributed by atoms with Crippen molar-refractivity contribution >= 4 is 29.2 Å². The lowest BCUT2D eigenvalue weighted by atomic mass is 10.3. The first-order valence-corrected chi connectivity index (χ1v) is 6.38. The molecule has 0 aliphatic carbocycles. The van der Waals surface area contributed by atoms with E-state index in [0.717, 1.165) is 10.6 Å². The predicted octanol–water partition coefficient (Wildman–Crippen LogP) is 2.64. The van der Waals surface area contributed by atoms with E-state index in [1.54, 1.807) is 11.8 Å². The number of aromatic nitrogens is 2. The number of nitrogens with one attached hydrogen (secondary N) is 1. The minimum atomic E-state index is -1.08. The molecule has 92 valence electrons. The first kappa shape index (κ1) is 12.4. The zero-order valence-corrected chi connectivity index (χ0v) is 10.4. The molecular weight excluding hydrogens is 250 g/mol. The maximum atomic E-state index is 10.6. The monoisotopic (exact) mass is 261 g/mol. The Morgan fingerprint density at radius 1 is 1.28 bits per heavy atom. The van der Waals surface area contributed by atoms with Gasteiger partial charge in [0.05, 0.1) is 18.1 Å². The number of nitrogens with zero attached hydrogens (tertiary/aromatic N) is 2. The summed E-state index contributed by atoms with van der Waals surface area (Å²) in [5.74, 6) is -0.569. The van der Waals surface area contributed by atoms with E-state index in [4.69, 9.17) is 5.11 Å². The van der Waals surface area contributed by atoms with Crippen LogP contribution in [0.15, 0.2) is 41.6 Å². The lowest BCUT2D eigenvalue weighted by Crippen LogP contribution is -2.03. The maximum Gasteiger partial charge on any atom is 0.356 e. The first-order valence-electron chi connectivity index (χ1n) is 5.16. The Balaban J connectivity index is 2.21. The summed E-state index contributed by atoms with van der Waals surface area (Å²) in [6, 6.07) is 7.79. The molecule has 0 aliphatic heterocycles. The number of carboxylic acid groups (broad SMARTS) is 1. The van der Waals surface area contributed by atoms with Crippen molar-refractivity contribution in [1.29, 1.82) is 0 Å². The highest BCUT2D eigenvalue weighted by atomic mass is 32.2. The standard InChI is InChI=1S/C12H11N3O2S/c1-18-10-5-3-2-4-8(10)15-11-7-13-9(6-14-11)12(16)17/h2-7H,1H3,(H,14,15)(H,16,17). The van der Waals surface area contributed by atoms with E-state index in [2.05, 4.69) is 15.3 Å². The van der Waals surface area contributed by atoms with E-state index in [1.807, 2.05) is 30.5 Å². The second-order valence-corrected chi connectivity index (χ2v) is 4.27. The minimum Gasteiger partial charge on any atom is -0.476 e. The third-order valence-electron chi connectivity index (χ3n) is 2.24. The Kier molecular flexibility index (Phi) is 3.78. The van der Waals surface area contributed by atoms with Crippen molar-refractivity contribution in [2.24, 2.45) is 0 Å². The SMILES string of the molecule is CSc1ccccc1Nc1cnc(C(=O)O)cn1. The summed E-state index contributed by atoms with van der Waals surface area (Å²) in [7, 11) is 0. The van der Waals surface area contributed by atoms with Crippen LogP contribution in [-0.2, 0) is 0 Å². The van der Waals surface area contributed by atoms with Crippen molar-refractivity contribution in [3.8, 4) is 0 Å². The molecule has 2 rings (SSSR count). The van der Waals surface area contributed by atoms with E-state index in [0.29, 0.717) is 5.82 Å². The molecule has 2 N–H and O–H groups in total. The molecule has 5 nitrogen and oxygen atoms in total. The Morgan fingerprint density at radius 3 is 2.67 bits per heavy atom. The minimum absolute atomic E-state index is 0.0706. The summed E-state index contributed by atoms with van der Waals surface area (Å²) < 4.78 is 0. The summed E-state index contributed by atoms with van der Waals surface area (Å²) in [5.41, 5.74) is 0.848. The number of benzene rings is 1. The van der Waals surface area contributed by atoms with Gasteiger partial charge in [0.2, 0.25) is 0 Å². The fourth-order valence-corrected chi connectivity index (χ4v) is 1.94. The summed E-state index contributed by atoms with van der Waals surface area (Å²) in [6.07, 6.45) is 4.62. The molecule has 0 radical (unpaired) electrons. The molecule has 0 atom stereocenters. The molecule has 0 saturated carbocycles. The van der Waals surface area contributed by atoms with E-state index in [-0.39, 0.29) is 5.69 Å². The van der Waals surface area contributed by atoms with Crippen LogP contribution in [0.3, 0.4) is 0 Å². The Hall–Kier alpha value is -2.08. The van der Waals surface area contributed by atoms with E-state index < -0.39 is 5.97 Å². The molecule has 1 aromatic heterocycles. The lowest BCUT2D eigenvalue weighted by Gasteiger charge is -2.09. The number of rotatable bonds is 4. The fraction of sp³-hybridized carbons (Fsp3) is 0.0833. The van der Waals surface area contributed by atoms with Crippen LogP contribution in [0.2, 0.25) is 0 Å². The molecule has 0 saturated heterocycles. The number of hydrogen-bond acceptors (Lipinski definition) is 5. The van der Waals surface area contributed by atoms with Crippen LogP contribution in [0.1, 0.15) is 10.5 Å². The van der Waals surface area contributed by atoms with Crippen LogP contribution in [0.25, 0.3) is 0 Å². The van der Waals surface area contributed by atoms with E-state index >= 15 is 0 Å². The number of carboxylic acids is 1. The summed E-state index contributed by atoms with van der Waals surface area (Å²) >= 11 is 1.62. The zero-order valence-electron chi connectivity index (χ0n) is 9.62. The summed E-state index contributed by atoms with van der Waals surface area (Å²) in [6.45, 7) is 0. The third kappa shape index (κ3) is 2.78. The molecule has 0 unspecified atom stereocenters. The number of carbonyl (C=O) groups is 1. The van der Waals surface area contributed by atoms with Gasteiger partial charge >= 0.3 is 5.97 Å². The van der Waals surface area contributed by atoms with Gasteiger partial charge < -0.3 is 10.4 Å². The molecule has 0 spiro atoms. The van der Waals surface area contributed by atoms with Gasteiger partial charge in [-0.15, -0.1) is 11.8 Å². The smallest absolute Gasteiger partial charge is 0.356 e. The normalized spacial score (nSPS) is 10.1. The van der Waals surface area contributed by atoms with Gasteiger partial charge in [0.1, 0.15) is 5.82 Å². The second-order valence-electron chi connectivity index (χ2n) is 3.42. The van der Waals surface area contributed by atoms with Crippen molar-refractivity contribution < 1.29 is 9.90 Å². The van der Waals surface area contributed by atoms with Crippen molar-refractivity contribution in [3.05, 3.63) is 42.4 Å². The van der Waals surface area contributed by atoms with Crippen molar-refractivity contribution in [2.45, 2.75) is 4.90 Å². The maximum absolute atomic E-state index is 10.6. The van der Waals surface area contributed by atoms with Gasteiger partial charge in [0, 0.05) is 4.90 Å². The number of thioether (sulfide) groups is 1. The van der Waals surface area contributed by atoms with Crippen LogP contribution in [0.5, 0.6) is 0 Å². The van der Waals surface area contributed by atoms with Gasteiger partial charge in [-0.3, -0.25) is 0 Å². The van der Waals surface area contributed by atoms with Crippen LogP contribution < -0.4 is 5.32 Å². The summed E-state index contributed by atoms with van der Waals surface area (Å²) in [4.78, 5) is 19.5. The average Bonchev–Trinajstić information content (AvgIpc) is 2.40. The molecule has 0 fully saturated rings.